The molecule has 1 nitrogen and oxygen atoms in total. The first-order valence-electron chi connectivity index (χ1n) is 6.36. The number of hydrogen-bond acceptors (Lipinski definition) is 1. The first kappa shape index (κ1) is 14.0. The number of aryl methyl sites for hydroxylation is 1. The van der Waals surface area contributed by atoms with Crippen molar-refractivity contribution in [1.29, 1.82) is 0 Å². The third kappa shape index (κ3) is 3.34. The molecule has 2 aromatic carbocycles. The zero-order chi connectivity index (χ0) is 13.8. The zero-order valence-corrected chi connectivity index (χ0v) is 11.8. The van der Waals surface area contributed by atoms with Gasteiger partial charge in [-0.25, -0.2) is 4.39 Å². The Morgan fingerprint density at radius 1 is 1.21 bits per heavy atom. The quantitative estimate of drug-likeness (QED) is 0.868. The minimum atomic E-state index is -0.312. The van der Waals surface area contributed by atoms with Gasteiger partial charge in [0.15, 0.2) is 0 Å². The Kier molecular flexibility index (Phi) is 4.56. The van der Waals surface area contributed by atoms with Gasteiger partial charge in [0.2, 0.25) is 0 Å². The van der Waals surface area contributed by atoms with Crippen LogP contribution in [0.1, 0.15) is 29.7 Å². The molecule has 0 bridgehead atoms. The number of benzene rings is 2. The van der Waals surface area contributed by atoms with Gasteiger partial charge in [-0.1, -0.05) is 54.4 Å². The summed E-state index contributed by atoms with van der Waals surface area (Å²) in [6.45, 7) is 4.91. The molecule has 0 aliphatic rings. The second kappa shape index (κ2) is 6.18. The molecular weight excluding hydrogens is 261 g/mol. The third-order valence-corrected chi connectivity index (χ3v) is 3.38. The summed E-state index contributed by atoms with van der Waals surface area (Å²) in [4.78, 5) is 0. The summed E-state index contributed by atoms with van der Waals surface area (Å²) in [7, 11) is 0. The van der Waals surface area contributed by atoms with Gasteiger partial charge in [0, 0.05) is 5.02 Å². The van der Waals surface area contributed by atoms with Crippen LogP contribution in [0.25, 0.3) is 0 Å². The molecular formula is C16H17ClFN. The van der Waals surface area contributed by atoms with Gasteiger partial charge in [-0.3, -0.25) is 0 Å². The highest BCUT2D eigenvalue weighted by molar-refractivity contribution is 6.31. The van der Waals surface area contributed by atoms with E-state index in [4.69, 9.17) is 11.6 Å². The molecule has 0 aliphatic carbocycles. The van der Waals surface area contributed by atoms with Crippen LogP contribution >= 0.6 is 11.6 Å². The second-order valence-corrected chi connectivity index (χ2v) is 4.98. The Hall–Kier alpha value is -1.38. The molecule has 0 spiro atoms. The molecule has 1 unspecified atom stereocenters. The van der Waals surface area contributed by atoms with Crippen LogP contribution in [-0.2, 0) is 0 Å². The average molecular weight is 278 g/mol. The van der Waals surface area contributed by atoms with Crippen molar-refractivity contribution in [3.63, 3.8) is 0 Å². The Labute approximate surface area is 118 Å². The molecule has 0 saturated carbocycles. The van der Waals surface area contributed by atoms with E-state index in [0.29, 0.717) is 5.02 Å². The first-order chi connectivity index (χ1) is 9.11. The number of nitrogens with one attached hydrogen (secondary N) is 1. The smallest absolute Gasteiger partial charge is 0.124 e. The molecule has 0 radical (unpaired) electrons. The van der Waals surface area contributed by atoms with E-state index in [9.17, 15) is 4.39 Å². The van der Waals surface area contributed by atoms with Crippen LogP contribution in [0.5, 0.6) is 0 Å². The number of rotatable bonds is 4. The lowest BCUT2D eigenvalue weighted by atomic mass is 9.97. The van der Waals surface area contributed by atoms with E-state index in [1.54, 1.807) is 6.07 Å². The molecule has 1 atom stereocenters. The molecule has 0 heterocycles. The molecule has 0 aliphatic heterocycles. The van der Waals surface area contributed by atoms with Crippen molar-refractivity contribution >= 4 is 11.6 Å². The van der Waals surface area contributed by atoms with Gasteiger partial charge < -0.3 is 5.32 Å². The maximum Gasteiger partial charge on any atom is 0.124 e. The van der Waals surface area contributed by atoms with Crippen LogP contribution in [0.15, 0.2) is 42.5 Å². The molecule has 0 aromatic heterocycles. The van der Waals surface area contributed by atoms with Gasteiger partial charge in [-0.2, -0.15) is 0 Å². The van der Waals surface area contributed by atoms with Gasteiger partial charge in [-0.05, 0) is 36.7 Å². The summed E-state index contributed by atoms with van der Waals surface area (Å²) in [5, 5.41) is 3.85. The fraction of sp³-hybridized carbons (Fsp3) is 0.250. The summed E-state index contributed by atoms with van der Waals surface area (Å²) < 4.78 is 13.2. The van der Waals surface area contributed by atoms with Crippen LogP contribution in [0.4, 0.5) is 4.39 Å². The van der Waals surface area contributed by atoms with Gasteiger partial charge >= 0.3 is 0 Å². The van der Waals surface area contributed by atoms with E-state index in [-0.39, 0.29) is 11.9 Å². The topological polar surface area (TPSA) is 12.0 Å². The molecule has 19 heavy (non-hydrogen) atoms. The van der Waals surface area contributed by atoms with Crippen LogP contribution in [-0.4, -0.2) is 6.54 Å². The van der Waals surface area contributed by atoms with Gasteiger partial charge in [0.25, 0.3) is 0 Å². The van der Waals surface area contributed by atoms with Crippen molar-refractivity contribution in [2.45, 2.75) is 19.9 Å². The highest BCUT2D eigenvalue weighted by Crippen LogP contribution is 2.29. The zero-order valence-electron chi connectivity index (χ0n) is 11.1. The van der Waals surface area contributed by atoms with Gasteiger partial charge in [0.1, 0.15) is 5.82 Å². The minimum absolute atomic E-state index is 0.0157. The minimum Gasteiger partial charge on any atom is -0.306 e. The van der Waals surface area contributed by atoms with Gasteiger partial charge in [0.05, 0.1) is 6.04 Å². The predicted octanol–water partition coefficient (Wildman–Crippen LogP) is 4.49. The van der Waals surface area contributed by atoms with Crippen molar-refractivity contribution in [2.24, 2.45) is 0 Å². The van der Waals surface area contributed by atoms with Crippen LogP contribution < -0.4 is 5.32 Å². The molecule has 1 N–H and O–H groups in total. The Morgan fingerprint density at radius 3 is 2.63 bits per heavy atom. The largest absolute Gasteiger partial charge is 0.306 e. The number of halogens is 2. The van der Waals surface area contributed by atoms with Crippen molar-refractivity contribution in [1.82, 2.24) is 5.32 Å². The molecule has 0 amide bonds. The van der Waals surface area contributed by atoms with Crippen LogP contribution in [0, 0.1) is 12.7 Å². The van der Waals surface area contributed by atoms with Crippen molar-refractivity contribution < 1.29 is 4.39 Å². The lowest BCUT2D eigenvalue weighted by Gasteiger charge is -2.20. The highest BCUT2D eigenvalue weighted by atomic mass is 35.5. The fourth-order valence-electron chi connectivity index (χ4n) is 2.20. The monoisotopic (exact) mass is 277 g/mol. The van der Waals surface area contributed by atoms with Crippen molar-refractivity contribution in [3.05, 3.63) is 70.0 Å². The van der Waals surface area contributed by atoms with E-state index in [1.165, 1.54) is 17.7 Å². The van der Waals surface area contributed by atoms with Crippen molar-refractivity contribution in [3.8, 4) is 0 Å². The Bertz CT molecular complexity index is 568. The van der Waals surface area contributed by atoms with E-state index >= 15 is 0 Å². The molecule has 0 fully saturated rings. The summed E-state index contributed by atoms with van der Waals surface area (Å²) >= 11 is 6.17. The summed E-state index contributed by atoms with van der Waals surface area (Å²) in [6, 6.07) is 12.8. The van der Waals surface area contributed by atoms with E-state index in [2.05, 4.69) is 30.4 Å². The summed E-state index contributed by atoms with van der Waals surface area (Å²) in [5.74, 6) is -0.312. The fourth-order valence-corrected chi connectivity index (χ4v) is 2.47. The molecule has 100 valence electrons. The first-order valence-corrected chi connectivity index (χ1v) is 6.74. The predicted molar refractivity (Wildman–Crippen MR) is 78.1 cm³/mol. The number of hydrogen-bond donors (Lipinski definition) is 1. The Balaban J connectivity index is 2.45. The lowest BCUT2D eigenvalue weighted by Crippen LogP contribution is -2.22. The third-order valence-electron chi connectivity index (χ3n) is 3.06. The maximum absolute atomic E-state index is 13.2. The normalized spacial score (nSPS) is 12.4. The SMILES string of the molecule is CCNC(c1cccc(C)c1)c1ccc(F)cc1Cl. The molecule has 2 aromatic rings. The van der Waals surface area contributed by atoms with E-state index in [0.717, 1.165) is 17.7 Å². The van der Waals surface area contributed by atoms with E-state index < -0.39 is 0 Å². The summed E-state index contributed by atoms with van der Waals surface area (Å²) in [6.07, 6.45) is 0. The van der Waals surface area contributed by atoms with Crippen LogP contribution in [0.2, 0.25) is 5.02 Å². The van der Waals surface area contributed by atoms with E-state index in [1.807, 2.05) is 13.0 Å². The standard InChI is InChI=1S/C16H17ClFN/c1-3-19-16(12-6-4-5-11(2)9-12)14-8-7-13(18)10-15(14)17/h4-10,16,19H,3H2,1-2H3. The van der Waals surface area contributed by atoms with Crippen molar-refractivity contribution in [2.75, 3.05) is 6.54 Å². The molecule has 3 heteroatoms. The highest BCUT2D eigenvalue weighted by Gasteiger charge is 2.16. The average Bonchev–Trinajstić information content (AvgIpc) is 2.37. The second-order valence-electron chi connectivity index (χ2n) is 4.57. The molecule has 0 saturated heterocycles. The molecule has 2 rings (SSSR count). The Morgan fingerprint density at radius 2 is 2.00 bits per heavy atom. The van der Waals surface area contributed by atoms with Crippen LogP contribution in [0.3, 0.4) is 0 Å². The lowest BCUT2D eigenvalue weighted by molar-refractivity contribution is 0.613. The summed E-state index contributed by atoms with van der Waals surface area (Å²) in [5.41, 5.74) is 3.23. The van der Waals surface area contributed by atoms with Gasteiger partial charge in [-0.15, -0.1) is 0 Å². The maximum atomic E-state index is 13.2.